The van der Waals surface area contributed by atoms with Gasteiger partial charge in [-0.1, -0.05) is 18.2 Å². The Morgan fingerprint density at radius 1 is 1.32 bits per heavy atom. The largest absolute Gasteiger partial charge is 0.449 e. The Bertz CT molecular complexity index is 738. The number of aliphatic hydroxyl groups is 3. The molecule has 4 N–H and O–H groups in total. The number of fused-ring (bicyclic) bond motifs is 1. The van der Waals surface area contributed by atoms with Crippen LogP contribution in [0.3, 0.4) is 0 Å². The molecule has 1 saturated heterocycles. The summed E-state index contributed by atoms with van der Waals surface area (Å²) in [7, 11) is 0. The second kappa shape index (κ2) is 5.20. The van der Waals surface area contributed by atoms with Gasteiger partial charge in [0.05, 0.1) is 6.61 Å². The molecule has 116 valence electrons. The van der Waals surface area contributed by atoms with E-state index >= 15 is 0 Å². The number of Topliss-reactive ketones (excluding diaryl/α,β-unsaturated/α-hetero) is 1. The van der Waals surface area contributed by atoms with Crippen molar-refractivity contribution in [2.45, 2.75) is 24.2 Å². The predicted molar refractivity (Wildman–Crippen MR) is 74.9 cm³/mol. The number of nitrogens with one attached hydrogen (secondary N) is 1. The third kappa shape index (κ3) is 2.10. The smallest absolute Gasteiger partial charge is 0.347 e. The molecule has 7 heteroatoms. The molecular formula is C15H15NO6. The highest BCUT2D eigenvalue weighted by Crippen LogP contribution is 2.30. The second-order valence-electron chi connectivity index (χ2n) is 5.34. The third-order valence-electron chi connectivity index (χ3n) is 3.90. The van der Waals surface area contributed by atoms with Crippen LogP contribution in [0.5, 0.6) is 0 Å². The third-order valence-corrected chi connectivity index (χ3v) is 3.90. The van der Waals surface area contributed by atoms with E-state index in [1.807, 2.05) is 12.1 Å². The number of carbonyl (C=O) groups excluding carboxylic acids is 2. The lowest BCUT2D eigenvalue weighted by Crippen LogP contribution is -2.47. The quantitative estimate of drug-likeness (QED) is 0.437. The zero-order valence-electron chi connectivity index (χ0n) is 11.5. The molecule has 3 rings (SSSR count). The molecule has 0 unspecified atom stereocenters. The van der Waals surface area contributed by atoms with Crippen molar-refractivity contribution in [2.75, 3.05) is 6.61 Å². The lowest BCUT2D eigenvalue weighted by molar-refractivity contribution is -0.157. The molecule has 0 aliphatic carbocycles. The molecule has 1 aromatic heterocycles. The summed E-state index contributed by atoms with van der Waals surface area (Å²) in [6, 6.07) is 7.27. The first kappa shape index (κ1) is 14.7. The fourth-order valence-electron chi connectivity index (χ4n) is 2.66. The van der Waals surface area contributed by atoms with Crippen LogP contribution in [0.4, 0.5) is 0 Å². The van der Waals surface area contributed by atoms with Crippen LogP contribution in [0, 0.1) is 0 Å². The minimum atomic E-state index is -2.36. The number of hydrogen-bond acceptors (Lipinski definition) is 6. The van der Waals surface area contributed by atoms with E-state index in [1.165, 1.54) is 0 Å². The van der Waals surface area contributed by atoms with E-state index in [0.29, 0.717) is 5.56 Å². The fourth-order valence-corrected chi connectivity index (χ4v) is 2.66. The van der Waals surface area contributed by atoms with E-state index in [-0.39, 0.29) is 6.42 Å². The molecule has 0 saturated carbocycles. The van der Waals surface area contributed by atoms with Crippen LogP contribution in [0.15, 0.2) is 30.5 Å². The molecule has 1 aromatic carbocycles. The number of para-hydroxylation sites is 1. The number of aromatic nitrogens is 1. The van der Waals surface area contributed by atoms with Crippen molar-refractivity contribution in [1.29, 1.82) is 0 Å². The summed E-state index contributed by atoms with van der Waals surface area (Å²) in [5.74, 6) is -2.05. The number of benzene rings is 1. The zero-order valence-corrected chi connectivity index (χ0v) is 11.5. The molecular weight excluding hydrogens is 290 g/mol. The van der Waals surface area contributed by atoms with Crippen molar-refractivity contribution in [3.8, 4) is 0 Å². The van der Waals surface area contributed by atoms with Crippen molar-refractivity contribution in [3.63, 3.8) is 0 Å². The monoisotopic (exact) mass is 305 g/mol. The van der Waals surface area contributed by atoms with Gasteiger partial charge in [0.1, 0.15) is 6.10 Å². The van der Waals surface area contributed by atoms with Crippen molar-refractivity contribution in [1.82, 2.24) is 4.98 Å². The first-order chi connectivity index (χ1) is 10.5. The summed E-state index contributed by atoms with van der Waals surface area (Å²) in [4.78, 5) is 27.1. The van der Waals surface area contributed by atoms with Gasteiger partial charge in [0, 0.05) is 23.5 Å². The van der Waals surface area contributed by atoms with Gasteiger partial charge in [0.2, 0.25) is 11.4 Å². The minimum Gasteiger partial charge on any atom is -0.449 e. The van der Waals surface area contributed by atoms with Gasteiger partial charge in [0.25, 0.3) is 0 Å². The van der Waals surface area contributed by atoms with Crippen molar-refractivity contribution in [3.05, 3.63) is 36.0 Å². The Morgan fingerprint density at radius 3 is 2.77 bits per heavy atom. The molecule has 0 bridgehead atoms. The van der Waals surface area contributed by atoms with Gasteiger partial charge in [-0.2, -0.15) is 0 Å². The molecule has 0 amide bonds. The molecule has 1 aliphatic heterocycles. The van der Waals surface area contributed by atoms with Gasteiger partial charge in [-0.25, -0.2) is 4.79 Å². The highest BCUT2D eigenvalue weighted by Gasteiger charge is 2.58. The van der Waals surface area contributed by atoms with Crippen molar-refractivity contribution >= 4 is 22.7 Å². The number of ether oxygens (including phenoxy) is 1. The van der Waals surface area contributed by atoms with E-state index in [9.17, 15) is 19.8 Å². The number of hydrogen-bond donors (Lipinski definition) is 4. The summed E-state index contributed by atoms with van der Waals surface area (Å²) in [5.41, 5.74) is -0.958. The predicted octanol–water partition coefficient (Wildman–Crippen LogP) is -0.711. The maximum absolute atomic E-state index is 12.2. The Balaban J connectivity index is 1.93. The van der Waals surface area contributed by atoms with E-state index in [2.05, 4.69) is 4.98 Å². The average Bonchev–Trinajstić information content (AvgIpc) is 3.02. The molecule has 2 aromatic rings. The second-order valence-corrected chi connectivity index (χ2v) is 5.34. The van der Waals surface area contributed by atoms with Gasteiger partial charge in [-0.15, -0.1) is 0 Å². The number of esters is 1. The van der Waals surface area contributed by atoms with Crippen molar-refractivity contribution in [2.24, 2.45) is 0 Å². The number of carbonyl (C=O) groups is 2. The number of aliphatic hydroxyl groups excluding tert-OH is 2. The molecule has 3 atom stereocenters. The van der Waals surface area contributed by atoms with Crippen LogP contribution >= 0.6 is 0 Å². The Hall–Kier alpha value is -2.22. The molecule has 1 aliphatic rings. The first-order valence-corrected chi connectivity index (χ1v) is 6.79. The van der Waals surface area contributed by atoms with Crippen LogP contribution in [0.2, 0.25) is 0 Å². The van der Waals surface area contributed by atoms with Crippen molar-refractivity contribution < 1.29 is 29.6 Å². The van der Waals surface area contributed by atoms with E-state index in [0.717, 1.165) is 10.9 Å². The maximum Gasteiger partial charge on any atom is 0.347 e. The summed E-state index contributed by atoms with van der Waals surface area (Å²) in [5, 5.41) is 29.6. The topological polar surface area (TPSA) is 120 Å². The molecule has 0 radical (unpaired) electrons. The van der Waals surface area contributed by atoms with Gasteiger partial charge >= 0.3 is 5.97 Å². The maximum atomic E-state index is 12.2. The highest BCUT2D eigenvalue weighted by molar-refractivity contribution is 6.14. The Morgan fingerprint density at radius 2 is 2.05 bits per heavy atom. The average molecular weight is 305 g/mol. The van der Waals surface area contributed by atoms with Gasteiger partial charge in [-0.05, 0) is 11.6 Å². The van der Waals surface area contributed by atoms with Crippen LogP contribution < -0.4 is 0 Å². The molecule has 22 heavy (non-hydrogen) atoms. The normalized spacial score (nSPS) is 26.4. The summed E-state index contributed by atoms with van der Waals surface area (Å²) >= 11 is 0. The standard InChI is InChI=1S/C15H15NO6/c17-7-11(18)12-13(19)15(21,14(20)22-12)5-8-6-16-10-4-2-1-3-9(8)10/h1-4,6,11-12,16-18,21H,5,7H2/t11-,12-,15+/m1/s1. The van der Waals surface area contributed by atoms with Gasteiger partial charge < -0.3 is 25.0 Å². The van der Waals surface area contributed by atoms with Crippen LogP contribution in [-0.4, -0.2) is 56.5 Å². The Labute approximate surface area is 125 Å². The summed E-state index contributed by atoms with van der Waals surface area (Å²) in [6.07, 6.45) is -1.75. The first-order valence-electron chi connectivity index (χ1n) is 6.79. The Kier molecular flexibility index (Phi) is 3.48. The number of aromatic amines is 1. The minimum absolute atomic E-state index is 0.261. The molecule has 1 fully saturated rings. The summed E-state index contributed by atoms with van der Waals surface area (Å²) < 4.78 is 4.74. The summed E-state index contributed by atoms with van der Waals surface area (Å²) in [6.45, 7) is -0.743. The van der Waals surface area contributed by atoms with Crippen LogP contribution in [0.1, 0.15) is 5.56 Å². The fraction of sp³-hybridized carbons (Fsp3) is 0.333. The number of cyclic esters (lactones) is 1. The highest BCUT2D eigenvalue weighted by atomic mass is 16.6. The lowest BCUT2D eigenvalue weighted by Gasteiger charge is -2.16. The van der Waals surface area contributed by atoms with E-state index in [1.54, 1.807) is 18.3 Å². The number of rotatable bonds is 4. The van der Waals surface area contributed by atoms with E-state index < -0.39 is 36.2 Å². The van der Waals surface area contributed by atoms with Gasteiger partial charge in [-0.3, -0.25) is 4.79 Å². The number of H-pyrrole nitrogens is 1. The van der Waals surface area contributed by atoms with E-state index in [4.69, 9.17) is 9.84 Å². The SMILES string of the molecule is O=C1O[C@H]([C@H](O)CO)C(=O)[C@@]1(O)Cc1c[nH]c2ccccc12. The number of ketones is 1. The lowest BCUT2D eigenvalue weighted by atomic mass is 9.89. The van der Waals surface area contributed by atoms with Gasteiger partial charge in [0.15, 0.2) is 6.10 Å². The van der Waals surface area contributed by atoms with Crippen LogP contribution in [-0.2, 0) is 20.7 Å². The van der Waals surface area contributed by atoms with Crippen LogP contribution in [0.25, 0.3) is 10.9 Å². The molecule has 7 nitrogen and oxygen atoms in total. The zero-order chi connectivity index (χ0) is 15.9. The molecule has 2 heterocycles. The molecule has 0 spiro atoms.